The first-order valence-corrected chi connectivity index (χ1v) is 10.5. The van der Waals surface area contributed by atoms with Crippen LogP contribution in [0.25, 0.3) is 20.2 Å². The number of anilines is 1. The highest BCUT2D eigenvalue weighted by Gasteiger charge is 2.14. The number of hydrogen-bond acceptors (Lipinski definition) is 4. The van der Waals surface area contributed by atoms with Gasteiger partial charge in [-0.15, -0.1) is 11.3 Å². The maximum absolute atomic E-state index is 13.0. The highest BCUT2D eigenvalue weighted by Crippen LogP contribution is 2.32. The van der Waals surface area contributed by atoms with Crippen molar-refractivity contribution in [3.05, 3.63) is 69.6 Å². The second kappa shape index (κ2) is 7.79. The van der Waals surface area contributed by atoms with Crippen LogP contribution < -0.4 is 10.9 Å². The molecule has 0 aliphatic carbocycles. The fourth-order valence-electron chi connectivity index (χ4n) is 3.72. The van der Waals surface area contributed by atoms with E-state index in [1.807, 2.05) is 57.2 Å². The van der Waals surface area contributed by atoms with Crippen molar-refractivity contribution in [1.82, 2.24) is 9.78 Å². The van der Waals surface area contributed by atoms with Gasteiger partial charge in [0, 0.05) is 28.7 Å². The van der Waals surface area contributed by atoms with E-state index in [2.05, 4.69) is 16.5 Å². The Kier molecular flexibility index (Phi) is 5.20. The molecule has 0 saturated heterocycles. The maximum atomic E-state index is 13.0. The van der Waals surface area contributed by atoms with E-state index in [1.165, 1.54) is 4.68 Å². The van der Waals surface area contributed by atoms with E-state index in [-0.39, 0.29) is 11.5 Å². The molecule has 0 unspecified atom stereocenters. The molecule has 29 heavy (non-hydrogen) atoms. The summed E-state index contributed by atoms with van der Waals surface area (Å²) in [6, 6.07) is 13.9. The van der Waals surface area contributed by atoms with Crippen LogP contribution in [0.2, 0.25) is 0 Å². The molecule has 0 bridgehead atoms. The zero-order chi connectivity index (χ0) is 20.5. The summed E-state index contributed by atoms with van der Waals surface area (Å²) < 4.78 is 3.54. The molecule has 0 aliphatic heterocycles. The molecule has 0 radical (unpaired) electrons. The third-order valence-electron chi connectivity index (χ3n) is 4.92. The molecule has 1 amide bonds. The smallest absolute Gasteiger partial charge is 0.276 e. The highest BCUT2D eigenvalue weighted by atomic mass is 32.1. The number of thiophene rings is 1. The number of rotatable bonds is 5. The number of fused-ring (bicyclic) bond motifs is 3. The molecule has 4 rings (SSSR count). The van der Waals surface area contributed by atoms with Gasteiger partial charge >= 0.3 is 0 Å². The average Bonchev–Trinajstić information content (AvgIpc) is 3.05. The number of nitrogens with one attached hydrogen (secondary N) is 1. The summed E-state index contributed by atoms with van der Waals surface area (Å²) in [6.07, 6.45) is 0.888. The van der Waals surface area contributed by atoms with Gasteiger partial charge in [0.15, 0.2) is 0 Å². The Morgan fingerprint density at radius 2 is 1.83 bits per heavy atom. The molecule has 2 aromatic carbocycles. The van der Waals surface area contributed by atoms with Crippen LogP contribution in [0, 0.1) is 20.8 Å². The zero-order valence-corrected chi connectivity index (χ0v) is 17.6. The Bertz CT molecular complexity index is 1270. The Morgan fingerprint density at radius 3 is 2.59 bits per heavy atom. The van der Waals surface area contributed by atoms with Crippen LogP contribution in [0.1, 0.15) is 29.7 Å². The second-order valence-corrected chi connectivity index (χ2v) is 8.50. The minimum absolute atomic E-state index is 0.0539. The summed E-state index contributed by atoms with van der Waals surface area (Å²) in [7, 11) is 0. The SMILES string of the molecule is Cc1cc(C)cc(NC(=O)CCCn2nc(C)c3sc4ccccc4c3c2=O)c1. The number of aromatic nitrogens is 2. The van der Waals surface area contributed by atoms with E-state index in [4.69, 9.17) is 0 Å². The molecule has 0 spiro atoms. The Labute approximate surface area is 173 Å². The van der Waals surface area contributed by atoms with Crippen LogP contribution in [0.3, 0.4) is 0 Å². The Hall–Kier alpha value is -2.99. The van der Waals surface area contributed by atoms with Gasteiger partial charge in [0.2, 0.25) is 5.91 Å². The van der Waals surface area contributed by atoms with Crippen LogP contribution >= 0.6 is 11.3 Å². The zero-order valence-electron chi connectivity index (χ0n) is 16.8. The van der Waals surface area contributed by atoms with E-state index in [9.17, 15) is 9.59 Å². The first-order chi connectivity index (χ1) is 13.9. The first kappa shape index (κ1) is 19.3. The van der Waals surface area contributed by atoms with Crippen LogP contribution in [0.5, 0.6) is 0 Å². The summed E-state index contributed by atoms with van der Waals surface area (Å²) in [5.41, 5.74) is 3.80. The number of nitrogens with zero attached hydrogens (tertiary/aromatic N) is 2. The lowest BCUT2D eigenvalue weighted by Crippen LogP contribution is -2.24. The van der Waals surface area contributed by atoms with E-state index >= 15 is 0 Å². The lowest BCUT2D eigenvalue weighted by Gasteiger charge is -2.09. The predicted molar refractivity (Wildman–Crippen MR) is 120 cm³/mol. The van der Waals surface area contributed by atoms with E-state index < -0.39 is 0 Å². The van der Waals surface area contributed by atoms with Gasteiger partial charge in [0.25, 0.3) is 5.56 Å². The minimum atomic E-state index is -0.0854. The van der Waals surface area contributed by atoms with Gasteiger partial charge < -0.3 is 5.32 Å². The fraction of sp³-hybridized carbons (Fsp3) is 0.261. The largest absolute Gasteiger partial charge is 0.326 e. The van der Waals surface area contributed by atoms with Crippen molar-refractivity contribution in [3.63, 3.8) is 0 Å². The van der Waals surface area contributed by atoms with E-state index in [0.717, 1.165) is 42.7 Å². The molecule has 2 aromatic heterocycles. The number of benzene rings is 2. The molecule has 0 fully saturated rings. The predicted octanol–water partition coefficient (Wildman–Crippen LogP) is 4.96. The van der Waals surface area contributed by atoms with E-state index in [1.54, 1.807) is 11.3 Å². The topological polar surface area (TPSA) is 64.0 Å². The molecule has 0 atom stereocenters. The molecule has 0 aliphatic rings. The average molecular weight is 406 g/mol. The van der Waals surface area contributed by atoms with Crippen molar-refractivity contribution in [3.8, 4) is 0 Å². The Morgan fingerprint density at radius 1 is 1.10 bits per heavy atom. The third kappa shape index (κ3) is 3.93. The van der Waals surface area contributed by atoms with E-state index in [0.29, 0.717) is 19.4 Å². The lowest BCUT2D eigenvalue weighted by molar-refractivity contribution is -0.116. The number of carbonyl (C=O) groups is 1. The quantitative estimate of drug-likeness (QED) is 0.511. The summed E-state index contributed by atoms with van der Waals surface area (Å²) in [5, 5.41) is 9.13. The van der Waals surface area contributed by atoms with Crippen LogP contribution in [-0.2, 0) is 11.3 Å². The Balaban J connectivity index is 1.50. The summed E-state index contributed by atoms with van der Waals surface area (Å²) >= 11 is 1.60. The van der Waals surface area contributed by atoms with Crippen molar-refractivity contribution in [2.45, 2.75) is 40.2 Å². The standard InChI is InChI=1S/C23H23N3O2S/c1-14-11-15(2)13-17(12-14)24-20(27)9-6-10-26-23(28)21-18-7-4-5-8-19(18)29-22(21)16(3)25-26/h4-5,7-8,11-13H,6,9-10H2,1-3H3,(H,24,27). The van der Waals surface area contributed by atoms with Crippen LogP contribution in [-0.4, -0.2) is 15.7 Å². The van der Waals surface area contributed by atoms with Crippen molar-refractivity contribution < 1.29 is 4.79 Å². The maximum Gasteiger partial charge on any atom is 0.276 e. The molecular formula is C23H23N3O2S. The molecule has 148 valence electrons. The molecule has 4 aromatic rings. The van der Waals surface area contributed by atoms with Crippen molar-refractivity contribution in [1.29, 1.82) is 0 Å². The van der Waals surface area contributed by atoms with Gasteiger partial charge in [0.05, 0.1) is 15.8 Å². The number of carbonyl (C=O) groups excluding carboxylic acids is 1. The van der Waals surface area contributed by atoms with Crippen LogP contribution in [0.15, 0.2) is 47.3 Å². The third-order valence-corrected chi connectivity index (χ3v) is 6.20. The highest BCUT2D eigenvalue weighted by molar-refractivity contribution is 7.26. The first-order valence-electron chi connectivity index (χ1n) is 9.69. The number of amides is 1. The van der Waals surface area contributed by atoms with Gasteiger partial charge in [-0.05, 0) is 56.5 Å². The summed E-state index contributed by atoms with van der Waals surface area (Å²) in [4.78, 5) is 25.3. The summed E-state index contributed by atoms with van der Waals surface area (Å²) in [5.74, 6) is -0.0539. The lowest BCUT2D eigenvalue weighted by atomic mass is 10.1. The van der Waals surface area contributed by atoms with Gasteiger partial charge in [-0.2, -0.15) is 5.10 Å². The monoisotopic (exact) mass is 405 g/mol. The molecule has 1 N–H and O–H groups in total. The van der Waals surface area contributed by atoms with Gasteiger partial charge in [-0.1, -0.05) is 24.3 Å². The molecule has 5 nitrogen and oxygen atoms in total. The number of aryl methyl sites for hydroxylation is 4. The molecule has 6 heteroatoms. The fourth-order valence-corrected chi connectivity index (χ4v) is 4.86. The van der Waals surface area contributed by atoms with Crippen molar-refractivity contribution >= 4 is 43.1 Å². The van der Waals surface area contributed by atoms with Crippen LogP contribution in [0.4, 0.5) is 5.69 Å². The van der Waals surface area contributed by atoms with Gasteiger partial charge in [0.1, 0.15) is 0 Å². The second-order valence-electron chi connectivity index (χ2n) is 7.44. The number of hydrogen-bond donors (Lipinski definition) is 1. The summed E-state index contributed by atoms with van der Waals surface area (Å²) in [6.45, 7) is 6.36. The normalized spacial score (nSPS) is 11.3. The minimum Gasteiger partial charge on any atom is -0.326 e. The van der Waals surface area contributed by atoms with Gasteiger partial charge in [-0.3, -0.25) is 9.59 Å². The molecule has 2 heterocycles. The molecular weight excluding hydrogens is 382 g/mol. The van der Waals surface area contributed by atoms with Crippen molar-refractivity contribution in [2.75, 3.05) is 5.32 Å². The van der Waals surface area contributed by atoms with Gasteiger partial charge in [-0.25, -0.2) is 4.68 Å². The molecule has 0 saturated carbocycles. The van der Waals surface area contributed by atoms with Crippen molar-refractivity contribution in [2.24, 2.45) is 0 Å².